The van der Waals surface area contributed by atoms with Crippen molar-refractivity contribution >= 4 is 11.8 Å². The van der Waals surface area contributed by atoms with E-state index in [1.54, 1.807) is 0 Å². The topological polar surface area (TPSA) is 35.2 Å². The molecule has 0 saturated carbocycles. The minimum atomic E-state index is -0.0722. The highest BCUT2D eigenvalue weighted by molar-refractivity contribution is 7.99. The van der Waals surface area contributed by atoms with Gasteiger partial charge in [0.05, 0.1) is 11.2 Å². The molecule has 0 aliphatic carbocycles. The van der Waals surface area contributed by atoms with E-state index in [9.17, 15) is 0 Å². The zero-order chi connectivity index (χ0) is 11.7. The van der Waals surface area contributed by atoms with Crippen LogP contribution in [0.1, 0.15) is 41.0 Å². The van der Waals surface area contributed by atoms with E-state index in [1.807, 2.05) is 11.8 Å². The highest BCUT2D eigenvalue weighted by Gasteiger charge is 2.47. The molecule has 0 aromatic heterocycles. The fraction of sp³-hybridized carbons (Fsp3) is 1.00. The Balaban J connectivity index is 2.61. The van der Waals surface area contributed by atoms with Crippen LogP contribution in [0.15, 0.2) is 0 Å². The molecule has 2 atom stereocenters. The molecule has 1 aliphatic heterocycles. The van der Waals surface area contributed by atoms with Crippen LogP contribution in [0, 0.1) is 5.92 Å². The summed E-state index contributed by atoms with van der Waals surface area (Å²) in [5, 5.41) is 0. The van der Waals surface area contributed by atoms with Crippen molar-refractivity contribution in [3.63, 3.8) is 0 Å². The van der Waals surface area contributed by atoms with E-state index in [4.69, 9.17) is 10.5 Å². The Hall–Kier alpha value is 0.270. The highest BCUT2D eigenvalue weighted by atomic mass is 32.2. The molecule has 1 fully saturated rings. The third-order valence-corrected chi connectivity index (χ3v) is 4.20. The third-order valence-electron chi connectivity index (χ3n) is 3.18. The van der Waals surface area contributed by atoms with Gasteiger partial charge in [0.15, 0.2) is 0 Å². The van der Waals surface area contributed by atoms with Crippen molar-refractivity contribution in [2.75, 3.05) is 11.5 Å². The number of thioether (sulfide) groups is 1. The van der Waals surface area contributed by atoms with Gasteiger partial charge in [0.2, 0.25) is 0 Å². The summed E-state index contributed by atoms with van der Waals surface area (Å²) < 4.78 is 6.06. The summed E-state index contributed by atoms with van der Waals surface area (Å²) in [4.78, 5) is 0. The van der Waals surface area contributed by atoms with Gasteiger partial charge >= 0.3 is 0 Å². The average Bonchev–Trinajstić information content (AvgIpc) is 2.30. The minimum absolute atomic E-state index is 0.0112. The Morgan fingerprint density at radius 3 is 2.40 bits per heavy atom. The van der Waals surface area contributed by atoms with Gasteiger partial charge in [0.1, 0.15) is 0 Å². The molecule has 0 radical (unpaired) electrons. The van der Waals surface area contributed by atoms with Crippen molar-refractivity contribution in [3.05, 3.63) is 0 Å². The molecule has 1 heterocycles. The van der Waals surface area contributed by atoms with Crippen molar-refractivity contribution in [3.8, 4) is 0 Å². The van der Waals surface area contributed by atoms with E-state index in [1.165, 1.54) is 0 Å². The van der Waals surface area contributed by atoms with Gasteiger partial charge in [-0.15, -0.1) is 0 Å². The number of hydrogen-bond acceptors (Lipinski definition) is 3. The molecule has 1 aliphatic rings. The summed E-state index contributed by atoms with van der Waals surface area (Å²) in [6.07, 6.45) is 1.07. The van der Waals surface area contributed by atoms with Crippen LogP contribution in [0.3, 0.4) is 0 Å². The van der Waals surface area contributed by atoms with E-state index >= 15 is 0 Å². The van der Waals surface area contributed by atoms with E-state index in [2.05, 4.69) is 34.6 Å². The Morgan fingerprint density at radius 1 is 1.40 bits per heavy atom. The maximum absolute atomic E-state index is 6.26. The fourth-order valence-corrected chi connectivity index (χ4v) is 3.38. The van der Waals surface area contributed by atoms with Crippen molar-refractivity contribution < 1.29 is 4.74 Å². The van der Waals surface area contributed by atoms with Crippen molar-refractivity contribution in [1.29, 1.82) is 0 Å². The van der Waals surface area contributed by atoms with Crippen LogP contribution in [0.5, 0.6) is 0 Å². The predicted octanol–water partition coefficient (Wildman–Crippen LogP) is 2.66. The van der Waals surface area contributed by atoms with Gasteiger partial charge in [-0.1, -0.05) is 6.92 Å². The van der Waals surface area contributed by atoms with E-state index in [-0.39, 0.29) is 17.2 Å². The quantitative estimate of drug-likeness (QED) is 0.808. The van der Waals surface area contributed by atoms with Crippen molar-refractivity contribution in [2.45, 2.75) is 58.3 Å². The first-order valence-electron chi connectivity index (χ1n) is 5.82. The lowest BCUT2D eigenvalue weighted by Gasteiger charge is -2.30. The maximum atomic E-state index is 6.26. The summed E-state index contributed by atoms with van der Waals surface area (Å²) in [7, 11) is 0. The van der Waals surface area contributed by atoms with Gasteiger partial charge < -0.3 is 10.5 Å². The lowest BCUT2D eigenvalue weighted by atomic mass is 9.83. The summed E-state index contributed by atoms with van der Waals surface area (Å²) in [6, 6.07) is 0.256. The SMILES string of the molecule is CCSCC(N)C1CC(C)(C)OC1(C)C. The predicted molar refractivity (Wildman–Crippen MR) is 68.3 cm³/mol. The molecule has 15 heavy (non-hydrogen) atoms. The van der Waals surface area contributed by atoms with Gasteiger partial charge in [0, 0.05) is 17.7 Å². The normalized spacial score (nSPS) is 30.4. The van der Waals surface area contributed by atoms with Crippen LogP contribution in [0.25, 0.3) is 0 Å². The van der Waals surface area contributed by atoms with Crippen molar-refractivity contribution in [1.82, 2.24) is 0 Å². The first-order valence-corrected chi connectivity index (χ1v) is 6.97. The van der Waals surface area contributed by atoms with Crippen LogP contribution < -0.4 is 5.73 Å². The first-order chi connectivity index (χ1) is 6.78. The Bertz CT molecular complexity index is 216. The number of hydrogen-bond donors (Lipinski definition) is 1. The summed E-state index contributed by atoms with van der Waals surface area (Å²) >= 11 is 1.92. The highest BCUT2D eigenvalue weighted by Crippen LogP contribution is 2.43. The van der Waals surface area contributed by atoms with Crippen molar-refractivity contribution in [2.24, 2.45) is 11.7 Å². The van der Waals surface area contributed by atoms with Gasteiger partial charge in [-0.2, -0.15) is 11.8 Å². The van der Waals surface area contributed by atoms with E-state index in [0.717, 1.165) is 17.9 Å². The molecule has 1 rings (SSSR count). The molecule has 0 bridgehead atoms. The van der Waals surface area contributed by atoms with Gasteiger partial charge in [0.25, 0.3) is 0 Å². The second kappa shape index (κ2) is 4.64. The number of ether oxygens (including phenoxy) is 1. The fourth-order valence-electron chi connectivity index (χ4n) is 2.64. The molecule has 3 heteroatoms. The van der Waals surface area contributed by atoms with Gasteiger partial charge in [-0.05, 0) is 39.9 Å². The minimum Gasteiger partial charge on any atom is -0.369 e. The lowest BCUT2D eigenvalue weighted by molar-refractivity contribution is -0.0759. The summed E-state index contributed by atoms with van der Waals surface area (Å²) in [5.41, 5.74) is 6.18. The second-order valence-electron chi connectivity index (χ2n) is 5.60. The number of rotatable bonds is 4. The molecule has 1 saturated heterocycles. The lowest BCUT2D eigenvalue weighted by Crippen LogP contribution is -2.42. The Labute approximate surface area is 98.3 Å². The van der Waals surface area contributed by atoms with Crippen LogP contribution >= 0.6 is 11.8 Å². The largest absolute Gasteiger partial charge is 0.369 e. The third kappa shape index (κ3) is 3.36. The molecule has 2 N–H and O–H groups in total. The van der Waals surface area contributed by atoms with Gasteiger partial charge in [-0.3, -0.25) is 0 Å². The molecule has 0 aromatic rings. The zero-order valence-corrected chi connectivity index (χ0v) is 11.5. The van der Waals surface area contributed by atoms with Gasteiger partial charge in [-0.25, -0.2) is 0 Å². The van der Waals surface area contributed by atoms with E-state index in [0.29, 0.717) is 5.92 Å². The molecule has 0 amide bonds. The maximum Gasteiger partial charge on any atom is 0.0677 e. The molecule has 2 nitrogen and oxygen atoms in total. The molecule has 2 unspecified atom stereocenters. The van der Waals surface area contributed by atoms with Crippen LogP contribution in [0.4, 0.5) is 0 Å². The molecule has 0 aromatic carbocycles. The number of nitrogens with two attached hydrogens (primary N) is 1. The standard InChI is InChI=1S/C12H25NOS/c1-6-15-8-10(13)9-7-11(2,3)14-12(9,4)5/h9-10H,6-8,13H2,1-5H3. The first kappa shape index (κ1) is 13.3. The van der Waals surface area contributed by atoms with Crippen LogP contribution in [0.2, 0.25) is 0 Å². The van der Waals surface area contributed by atoms with E-state index < -0.39 is 0 Å². The monoisotopic (exact) mass is 231 g/mol. The summed E-state index contributed by atoms with van der Waals surface area (Å²) in [5.74, 6) is 2.67. The summed E-state index contributed by atoms with van der Waals surface area (Å²) in [6.45, 7) is 10.8. The smallest absolute Gasteiger partial charge is 0.0677 e. The second-order valence-corrected chi connectivity index (χ2v) is 6.92. The van der Waals surface area contributed by atoms with Crippen LogP contribution in [-0.4, -0.2) is 28.7 Å². The molecule has 90 valence electrons. The molecular weight excluding hydrogens is 206 g/mol. The molecular formula is C12H25NOS. The zero-order valence-electron chi connectivity index (χ0n) is 10.7. The van der Waals surface area contributed by atoms with Crippen LogP contribution in [-0.2, 0) is 4.74 Å². The Kier molecular flexibility index (Phi) is 4.13. The average molecular weight is 231 g/mol. The molecule has 0 spiro atoms. The Morgan fingerprint density at radius 2 is 2.00 bits per heavy atom.